The van der Waals surface area contributed by atoms with E-state index in [2.05, 4.69) is 16.7 Å². The van der Waals surface area contributed by atoms with Gasteiger partial charge in [0.1, 0.15) is 12.2 Å². The van der Waals surface area contributed by atoms with Crippen molar-refractivity contribution in [3.8, 4) is 0 Å². The molecule has 3 N–H and O–H groups in total. The van der Waals surface area contributed by atoms with Crippen LogP contribution in [0.2, 0.25) is 0 Å². The maximum absolute atomic E-state index is 13.7. The second-order valence-corrected chi connectivity index (χ2v) is 4.72. The Morgan fingerprint density at radius 1 is 1.52 bits per heavy atom. The minimum Gasteiger partial charge on any atom is -0.519 e. The topological polar surface area (TPSA) is 105 Å². The number of halogens is 1. The molecule has 1 fully saturated rings. The Labute approximate surface area is 145 Å². The number of aliphatic hydroxyl groups excluding tert-OH is 1. The van der Waals surface area contributed by atoms with E-state index < -0.39 is 35.7 Å². The maximum atomic E-state index is 13.7. The predicted octanol–water partition coefficient (Wildman–Crippen LogP) is -0.0412. The standard InChI is InChI=1S/C14H14FN2O5.W/c1-22-8-4-7(5-9(15)11(18)6-8)13(20)16-10-2-3-12(19)17-14(10)21;/h5-6,9-10,18H,2-3H2,1H3,(H,16,20)(H,17,19,21);/q-1;. The number of carbonyl (C=O) groups excluding carboxylic acids is 3. The molecule has 1 aliphatic carbocycles. The number of aliphatic hydroxyl groups is 1. The number of hydrogen-bond acceptors (Lipinski definition) is 5. The van der Waals surface area contributed by atoms with Crippen LogP contribution in [0.15, 0.2) is 29.2 Å². The summed E-state index contributed by atoms with van der Waals surface area (Å²) in [6.07, 6.45) is 2.75. The third kappa shape index (κ3) is 4.76. The van der Waals surface area contributed by atoms with E-state index in [-0.39, 0.29) is 45.2 Å². The Kier molecular flexibility index (Phi) is 6.69. The van der Waals surface area contributed by atoms with Crippen LogP contribution >= 0.6 is 0 Å². The molecule has 2 unspecified atom stereocenters. The molecule has 124 valence electrons. The Bertz CT molecular complexity index is 614. The third-order valence-corrected chi connectivity index (χ3v) is 3.14. The average Bonchev–Trinajstić information content (AvgIpc) is 2.61. The van der Waals surface area contributed by atoms with Crippen LogP contribution in [0.5, 0.6) is 0 Å². The molecule has 23 heavy (non-hydrogen) atoms. The minimum atomic E-state index is -1.89. The zero-order chi connectivity index (χ0) is 16.3. The molecule has 9 heteroatoms. The summed E-state index contributed by atoms with van der Waals surface area (Å²) in [5, 5.41) is 13.9. The van der Waals surface area contributed by atoms with Crippen LogP contribution in [0.4, 0.5) is 4.39 Å². The van der Waals surface area contributed by atoms with Gasteiger partial charge in [-0.05, 0) is 6.42 Å². The second-order valence-electron chi connectivity index (χ2n) is 4.72. The Balaban J connectivity index is 0.00000264. The van der Waals surface area contributed by atoms with Crippen molar-refractivity contribution in [1.82, 2.24) is 10.6 Å². The minimum absolute atomic E-state index is 0. The molecule has 2 aliphatic rings. The first kappa shape index (κ1) is 19.1. The first-order chi connectivity index (χ1) is 10.4. The summed E-state index contributed by atoms with van der Waals surface area (Å²) in [4.78, 5) is 34.7. The molecule has 0 bridgehead atoms. The number of nitrogens with one attached hydrogen (secondary N) is 2. The molecule has 7 nitrogen and oxygen atoms in total. The predicted molar refractivity (Wildman–Crippen MR) is 71.8 cm³/mol. The van der Waals surface area contributed by atoms with E-state index in [0.717, 1.165) is 12.2 Å². The van der Waals surface area contributed by atoms with Gasteiger partial charge in [-0.2, -0.15) is 0 Å². The molecule has 0 aromatic rings. The normalized spacial score (nSPS) is 24.2. The van der Waals surface area contributed by atoms with Crippen LogP contribution < -0.4 is 10.6 Å². The summed E-state index contributed by atoms with van der Waals surface area (Å²) < 4.78 is 18.5. The smallest absolute Gasteiger partial charge is 0.248 e. The molecule has 0 spiro atoms. The fourth-order valence-electron chi connectivity index (χ4n) is 1.97. The van der Waals surface area contributed by atoms with Crippen LogP contribution in [0, 0.1) is 6.08 Å². The monoisotopic (exact) mass is 493 g/mol. The molecular weight excluding hydrogens is 479 g/mol. The number of alkyl halides is 1. The summed E-state index contributed by atoms with van der Waals surface area (Å²) in [6.45, 7) is 0. The van der Waals surface area contributed by atoms with Gasteiger partial charge in [-0.15, -0.1) is 6.08 Å². The first-order valence-corrected chi connectivity index (χ1v) is 6.49. The third-order valence-electron chi connectivity index (χ3n) is 3.14. The van der Waals surface area contributed by atoms with E-state index in [0.29, 0.717) is 0 Å². The largest absolute Gasteiger partial charge is 0.519 e. The number of methoxy groups -OCH3 is 1. The Hall–Kier alpha value is -1.95. The van der Waals surface area contributed by atoms with E-state index in [1.807, 2.05) is 0 Å². The van der Waals surface area contributed by atoms with Gasteiger partial charge in [0.15, 0.2) is 5.91 Å². The van der Waals surface area contributed by atoms with Gasteiger partial charge in [0.05, 0.1) is 12.9 Å². The van der Waals surface area contributed by atoms with Crippen molar-refractivity contribution in [2.75, 3.05) is 7.11 Å². The molecule has 0 aromatic carbocycles. The molecule has 1 heterocycles. The van der Waals surface area contributed by atoms with E-state index in [9.17, 15) is 23.9 Å². The zero-order valence-electron chi connectivity index (χ0n) is 12.1. The maximum Gasteiger partial charge on any atom is 0.248 e. The van der Waals surface area contributed by atoms with Crippen molar-refractivity contribution in [3.63, 3.8) is 0 Å². The van der Waals surface area contributed by atoms with Crippen molar-refractivity contribution >= 4 is 17.7 Å². The van der Waals surface area contributed by atoms with Gasteiger partial charge < -0.3 is 20.0 Å². The zero-order valence-corrected chi connectivity index (χ0v) is 15.0. The molecule has 3 amide bonds. The van der Waals surface area contributed by atoms with Crippen molar-refractivity contribution < 1.29 is 49.7 Å². The quantitative estimate of drug-likeness (QED) is 0.379. The number of piperidine rings is 1. The van der Waals surface area contributed by atoms with Gasteiger partial charge in [0, 0.05) is 33.2 Å². The van der Waals surface area contributed by atoms with Crippen molar-refractivity contribution in [1.29, 1.82) is 0 Å². The van der Waals surface area contributed by atoms with Gasteiger partial charge >= 0.3 is 0 Å². The van der Waals surface area contributed by atoms with Gasteiger partial charge in [-0.3, -0.25) is 14.9 Å². The van der Waals surface area contributed by atoms with Gasteiger partial charge in [-0.25, -0.2) is 4.39 Å². The number of carbonyl (C=O) groups is 3. The molecule has 2 atom stereocenters. The summed E-state index contributed by atoms with van der Waals surface area (Å²) >= 11 is 0. The fourth-order valence-corrected chi connectivity index (χ4v) is 1.97. The van der Waals surface area contributed by atoms with Crippen molar-refractivity contribution in [3.05, 3.63) is 35.3 Å². The van der Waals surface area contributed by atoms with Crippen LogP contribution in [-0.4, -0.2) is 42.2 Å². The Morgan fingerprint density at radius 3 is 2.83 bits per heavy atom. The number of allylic oxidation sites excluding steroid dienone is 2. The van der Waals surface area contributed by atoms with E-state index in [4.69, 9.17) is 4.74 Å². The number of amides is 3. The van der Waals surface area contributed by atoms with E-state index in [1.165, 1.54) is 7.11 Å². The van der Waals surface area contributed by atoms with Crippen LogP contribution in [0.1, 0.15) is 12.8 Å². The number of imide groups is 1. The van der Waals surface area contributed by atoms with E-state index >= 15 is 0 Å². The van der Waals surface area contributed by atoms with Crippen LogP contribution in [0.3, 0.4) is 0 Å². The summed E-state index contributed by atoms with van der Waals surface area (Å²) in [7, 11) is 1.28. The number of ether oxygens (including phenoxy) is 1. The molecule has 0 aromatic heterocycles. The van der Waals surface area contributed by atoms with Crippen molar-refractivity contribution in [2.45, 2.75) is 25.1 Å². The summed E-state index contributed by atoms with van der Waals surface area (Å²) in [6, 6.07) is -0.887. The second kappa shape index (κ2) is 8.06. The molecule has 1 aliphatic heterocycles. The molecular formula is C14H14FN2O5W-. The Morgan fingerprint density at radius 2 is 2.22 bits per heavy atom. The molecule has 2 rings (SSSR count). The number of rotatable bonds is 3. The van der Waals surface area contributed by atoms with Gasteiger partial charge in [-0.1, -0.05) is 17.7 Å². The summed E-state index contributed by atoms with van der Waals surface area (Å²) in [5.41, 5.74) is -0.214. The SMILES string of the molecule is COC1=[C-]C(C(=O)NC2CCC(=O)NC2=O)=CC(F)C(O)=C1.[W]. The average molecular weight is 493 g/mol. The van der Waals surface area contributed by atoms with Crippen molar-refractivity contribution in [2.24, 2.45) is 0 Å². The fraction of sp³-hybridized carbons (Fsp3) is 0.357. The van der Waals surface area contributed by atoms with Gasteiger partial charge in [0.2, 0.25) is 11.8 Å². The molecule has 0 saturated carbocycles. The van der Waals surface area contributed by atoms with Crippen LogP contribution in [0.25, 0.3) is 0 Å². The first-order valence-electron chi connectivity index (χ1n) is 6.49. The molecule has 0 radical (unpaired) electrons. The van der Waals surface area contributed by atoms with Gasteiger partial charge in [0.25, 0.3) is 0 Å². The summed E-state index contributed by atoms with van der Waals surface area (Å²) in [5.74, 6) is -2.42. The number of hydrogen-bond donors (Lipinski definition) is 3. The van der Waals surface area contributed by atoms with E-state index in [1.54, 1.807) is 0 Å². The molecule has 1 saturated heterocycles. The van der Waals surface area contributed by atoms with Crippen LogP contribution in [-0.2, 0) is 40.2 Å².